The SMILES string of the molecule is Cn1nnnc1Cc1cccc(Cl)c1[N+](=O)[O-]. The minimum absolute atomic E-state index is 0.0998. The first kappa shape index (κ1) is 11.5. The largest absolute Gasteiger partial charge is 0.291 e. The standard InChI is InChI=1S/C9H8ClN5O2/c1-14-8(11-12-13-14)5-6-3-2-4-7(10)9(6)15(16)17/h2-4H,5H2,1H3. The van der Waals surface area contributed by atoms with E-state index in [1.54, 1.807) is 19.2 Å². The molecule has 0 unspecified atom stereocenters. The van der Waals surface area contributed by atoms with E-state index < -0.39 is 4.92 Å². The van der Waals surface area contributed by atoms with Crippen LogP contribution in [-0.2, 0) is 13.5 Å². The smallest absolute Gasteiger partial charge is 0.258 e. The van der Waals surface area contributed by atoms with Crippen molar-refractivity contribution in [2.24, 2.45) is 7.05 Å². The lowest BCUT2D eigenvalue weighted by Gasteiger charge is -2.03. The summed E-state index contributed by atoms with van der Waals surface area (Å²) in [6, 6.07) is 4.78. The van der Waals surface area contributed by atoms with Crippen molar-refractivity contribution in [3.05, 3.63) is 44.7 Å². The average molecular weight is 254 g/mol. The predicted molar refractivity (Wildman–Crippen MR) is 59.7 cm³/mol. The lowest BCUT2D eigenvalue weighted by molar-refractivity contribution is -0.385. The van der Waals surface area contributed by atoms with E-state index in [0.29, 0.717) is 11.4 Å². The van der Waals surface area contributed by atoms with Gasteiger partial charge in [0.25, 0.3) is 5.69 Å². The van der Waals surface area contributed by atoms with Gasteiger partial charge in [-0.15, -0.1) is 5.10 Å². The lowest BCUT2D eigenvalue weighted by Crippen LogP contribution is -2.03. The van der Waals surface area contributed by atoms with Gasteiger partial charge in [-0.3, -0.25) is 10.1 Å². The maximum Gasteiger partial charge on any atom is 0.291 e. The molecule has 0 saturated carbocycles. The number of tetrazole rings is 1. The fraction of sp³-hybridized carbons (Fsp3) is 0.222. The Morgan fingerprint density at radius 2 is 2.29 bits per heavy atom. The van der Waals surface area contributed by atoms with Gasteiger partial charge in [0.15, 0.2) is 5.82 Å². The Morgan fingerprint density at radius 3 is 2.88 bits per heavy atom. The molecule has 2 rings (SSSR count). The summed E-state index contributed by atoms with van der Waals surface area (Å²) in [6.07, 6.45) is 0.264. The van der Waals surface area contributed by atoms with Crippen molar-refractivity contribution in [1.29, 1.82) is 0 Å². The summed E-state index contributed by atoms with van der Waals surface area (Å²) in [5.41, 5.74) is 0.387. The highest BCUT2D eigenvalue weighted by Gasteiger charge is 2.19. The second-order valence-corrected chi connectivity index (χ2v) is 3.81. The van der Waals surface area contributed by atoms with E-state index in [2.05, 4.69) is 15.5 Å². The minimum Gasteiger partial charge on any atom is -0.258 e. The molecule has 0 aliphatic rings. The van der Waals surface area contributed by atoms with Crippen molar-refractivity contribution in [3.8, 4) is 0 Å². The third-order valence-electron chi connectivity index (χ3n) is 2.31. The van der Waals surface area contributed by atoms with Crippen LogP contribution in [0.1, 0.15) is 11.4 Å². The summed E-state index contributed by atoms with van der Waals surface area (Å²) in [7, 11) is 1.67. The molecule has 0 bridgehead atoms. The molecule has 0 fully saturated rings. The molecule has 0 amide bonds. The van der Waals surface area contributed by atoms with Gasteiger partial charge >= 0.3 is 0 Å². The van der Waals surface area contributed by atoms with Crippen LogP contribution in [0.3, 0.4) is 0 Å². The Balaban J connectivity index is 2.43. The third-order valence-corrected chi connectivity index (χ3v) is 2.61. The molecule has 0 aliphatic heterocycles. The molecular formula is C9H8ClN5O2. The summed E-state index contributed by atoms with van der Waals surface area (Å²) in [4.78, 5) is 10.4. The van der Waals surface area contributed by atoms with Gasteiger partial charge in [0.2, 0.25) is 0 Å². The second kappa shape index (κ2) is 4.46. The maximum absolute atomic E-state index is 10.9. The zero-order valence-corrected chi connectivity index (χ0v) is 9.63. The van der Waals surface area contributed by atoms with Crippen LogP contribution in [0.25, 0.3) is 0 Å². The highest BCUT2D eigenvalue weighted by atomic mass is 35.5. The topological polar surface area (TPSA) is 86.7 Å². The number of halogens is 1. The number of hydrogen-bond donors (Lipinski definition) is 0. The van der Waals surface area contributed by atoms with Gasteiger partial charge in [-0.05, 0) is 16.5 Å². The number of benzene rings is 1. The van der Waals surface area contributed by atoms with E-state index in [1.165, 1.54) is 10.7 Å². The quantitative estimate of drug-likeness (QED) is 0.609. The Kier molecular flexibility index (Phi) is 3.01. The molecular weight excluding hydrogens is 246 g/mol. The maximum atomic E-state index is 10.9. The van der Waals surface area contributed by atoms with Crippen LogP contribution in [0, 0.1) is 10.1 Å². The van der Waals surface area contributed by atoms with Gasteiger partial charge in [-0.2, -0.15) is 0 Å². The summed E-state index contributed by atoms with van der Waals surface area (Å²) in [5.74, 6) is 0.537. The first-order chi connectivity index (χ1) is 8.09. The summed E-state index contributed by atoms with van der Waals surface area (Å²) < 4.78 is 1.46. The zero-order chi connectivity index (χ0) is 12.4. The normalized spacial score (nSPS) is 10.5. The molecule has 1 heterocycles. The molecule has 0 saturated heterocycles. The lowest BCUT2D eigenvalue weighted by atomic mass is 10.1. The van der Waals surface area contributed by atoms with E-state index in [1.807, 2.05) is 0 Å². The van der Waals surface area contributed by atoms with Crippen LogP contribution in [0.5, 0.6) is 0 Å². The highest BCUT2D eigenvalue weighted by molar-refractivity contribution is 6.32. The number of aryl methyl sites for hydroxylation is 1. The average Bonchev–Trinajstić information content (AvgIpc) is 2.64. The van der Waals surface area contributed by atoms with E-state index in [4.69, 9.17) is 11.6 Å². The summed E-state index contributed by atoms with van der Waals surface area (Å²) in [5, 5.41) is 21.9. The van der Waals surface area contributed by atoms with Gasteiger partial charge in [0, 0.05) is 19.0 Å². The number of hydrogen-bond acceptors (Lipinski definition) is 5. The van der Waals surface area contributed by atoms with Crippen molar-refractivity contribution in [3.63, 3.8) is 0 Å². The van der Waals surface area contributed by atoms with E-state index in [0.717, 1.165) is 0 Å². The summed E-state index contributed by atoms with van der Waals surface area (Å²) >= 11 is 5.80. The number of nitro groups is 1. The van der Waals surface area contributed by atoms with Gasteiger partial charge < -0.3 is 0 Å². The number of aromatic nitrogens is 4. The van der Waals surface area contributed by atoms with E-state index in [9.17, 15) is 10.1 Å². The number of rotatable bonds is 3. The molecule has 0 aliphatic carbocycles. The van der Waals surface area contributed by atoms with Gasteiger partial charge in [0.05, 0.1) is 4.92 Å². The fourth-order valence-electron chi connectivity index (χ4n) is 1.48. The van der Waals surface area contributed by atoms with Crippen LogP contribution in [0.4, 0.5) is 5.69 Å². The van der Waals surface area contributed by atoms with E-state index in [-0.39, 0.29) is 17.1 Å². The van der Waals surface area contributed by atoms with Crippen molar-refractivity contribution < 1.29 is 4.92 Å². The van der Waals surface area contributed by atoms with Crippen LogP contribution in [0.2, 0.25) is 5.02 Å². The molecule has 7 nitrogen and oxygen atoms in total. The fourth-order valence-corrected chi connectivity index (χ4v) is 1.74. The molecule has 1 aromatic carbocycles. The van der Waals surface area contributed by atoms with Crippen LogP contribution in [0.15, 0.2) is 18.2 Å². The minimum atomic E-state index is -0.499. The number of nitrogens with zero attached hydrogens (tertiary/aromatic N) is 5. The van der Waals surface area contributed by atoms with Crippen molar-refractivity contribution in [1.82, 2.24) is 20.2 Å². The third kappa shape index (κ3) is 2.23. The molecule has 2 aromatic rings. The molecule has 0 spiro atoms. The zero-order valence-electron chi connectivity index (χ0n) is 8.87. The van der Waals surface area contributed by atoms with E-state index >= 15 is 0 Å². The molecule has 1 aromatic heterocycles. The Morgan fingerprint density at radius 1 is 1.53 bits per heavy atom. The Hall–Kier alpha value is -2.02. The van der Waals surface area contributed by atoms with Gasteiger partial charge in [-0.1, -0.05) is 23.7 Å². The van der Waals surface area contributed by atoms with Crippen molar-refractivity contribution in [2.45, 2.75) is 6.42 Å². The van der Waals surface area contributed by atoms with Gasteiger partial charge in [-0.25, -0.2) is 4.68 Å². The molecule has 0 atom stereocenters. The van der Waals surface area contributed by atoms with Crippen LogP contribution < -0.4 is 0 Å². The van der Waals surface area contributed by atoms with Crippen molar-refractivity contribution in [2.75, 3.05) is 0 Å². The summed E-state index contributed by atoms with van der Waals surface area (Å²) in [6.45, 7) is 0. The van der Waals surface area contributed by atoms with Crippen LogP contribution >= 0.6 is 11.6 Å². The Labute approximate surface area is 101 Å². The monoisotopic (exact) mass is 253 g/mol. The molecule has 88 valence electrons. The molecule has 0 radical (unpaired) electrons. The number of para-hydroxylation sites is 1. The molecule has 17 heavy (non-hydrogen) atoms. The molecule has 8 heteroatoms. The first-order valence-corrected chi connectivity index (χ1v) is 5.10. The molecule has 0 N–H and O–H groups in total. The second-order valence-electron chi connectivity index (χ2n) is 3.40. The first-order valence-electron chi connectivity index (χ1n) is 4.72. The van der Waals surface area contributed by atoms with Crippen LogP contribution in [-0.4, -0.2) is 25.1 Å². The highest BCUT2D eigenvalue weighted by Crippen LogP contribution is 2.29. The van der Waals surface area contributed by atoms with Gasteiger partial charge in [0.1, 0.15) is 5.02 Å². The predicted octanol–water partition coefficient (Wildman–Crippen LogP) is 1.36. The Bertz CT molecular complexity index is 568. The van der Waals surface area contributed by atoms with Crippen molar-refractivity contribution >= 4 is 17.3 Å². The number of nitro benzene ring substituents is 1.